The van der Waals surface area contributed by atoms with Gasteiger partial charge < -0.3 is 49.4 Å². The van der Waals surface area contributed by atoms with Gasteiger partial charge in [0.1, 0.15) is 70.5 Å². The van der Waals surface area contributed by atoms with Gasteiger partial charge in [0.25, 0.3) is 23.5 Å². The zero-order chi connectivity index (χ0) is 92.4. The number of aryl methyl sites for hydroxylation is 2. The molecule has 3 fully saturated rings. The zero-order valence-corrected chi connectivity index (χ0v) is 76.6. The average molecular weight is 1830 g/mol. The van der Waals surface area contributed by atoms with Gasteiger partial charge in [0.2, 0.25) is 0 Å². The van der Waals surface area contributed by atoms with E-state index in [2.05, 4.69) is 59.2 Å². The first-order valence-corrected chi connectivity index (χ1v) is 45.8. The topological polar surface area (TPSA) is 226 Å². The van der Waals surface area contributed by atoms with E-state index < -0.39 is 17.7 Å². The Morgan fingerprint density at radius 3 is 1.91 bits per heavy atom. The molecule has 15 rings (SSSR count). The lowest BCUT2D eigenvalue weighted by molar-refractivity contribution is -0.126. The van der Waals surface area contributed by atoms with Crippen LogP contribution in [0.3, 0.4) is 0 Å². The minimum Gasteiger partial charge on any atom is -0.494 e. The van der Waals surface area contributed by atoms with E-state index in [-0.39, 0.29) is 87.2 Å². The fourth-order valence-corrected chi connectivity index (χ4v) is 16.6. The number of carbonyl (C=O) groups is 7. The van der Waals surface area contributed by atoms with Crippen LogP contribution in [0.1, 0.15) is 174 Å². The van der Waals surface area contributed by atoms with Crippen molar-refractivity contribution in [3.8, 4) is 17.2 Å². The van der Waals surface area contributed by atoms with Gasteiger partial charge in [-0.05, 0) is 195 Å². The number of ketones is 4. The molecule has 5 aliphatic heterocycles. The summed E-state index contributed by atoms with van der Waals surface area (Å²) in [4.78, 5) is 92.0. The monoisotopic (exact) mass is 1830 g/mol. The first-order chi connectivity index (χ1) is 62.3. The molecule has 5 atom stereocenters. The maximum Gasteiger partial charge on any atom is 0.299 e. The number of rotatable bonds is 31. The Labute approximate surface area is 777 Å². The van der Waals surface area contributed by atoms with E-state index in [9.17, 15) is 51.8 Å². The normalized spacial score (nSPS) is 17.4. The van der Waals surface area contributed by atoms with Gasteiger partial charge in [-0.15, -0.1) is 11.8 Å². The molecule has 0 bridgehead atoms. The van der Waals surface area contributed by atoms with Crippen molar-refractivity contribution in [2.45, 2.75) is 143 Å². The van der Waals surface area contributed by atoms with Crippen LogP contribution in [-0.4, -0.2) is 157 Å². The highest BCUT2D eigenvalue weighted by Crippen LogP contribution is 2.41. The molecular formula is C105H120Cl2F3N7O12S. The third kappa shape index (κ3) is 29.9. The summed E-state index contributed by atoms with van der Waals surface area (Å²) in [6, 6.07) is 69.9. The minimum absolute atomic E-state index is 0. The van der Waals surface area contributed by atoms with Crippen molar-refractivity contribution in [3.63, 3.8) is 0 Å². The molecule has 130 heavy (non-hydrogen) atoms. The van der Waals surface area contributed by atoms with Gasteiger partial charge in [0.15, 0.2) is 11.6 Å². The molecule has 5 aliphatic rings. The van der Waals surface area contributed by atoms with Crippen molar-refractivity contribution < 1.29 is 70.8 Å². The van der Waals surface area contributed by atoms with Crippen LogP contribution < -0.4 is 35.1 Å². The van der Waals surface area contributed by atoms with E-state index in [1.165, 1.54) is 53.5 Å². The van der Waals surface area contributed by atoms with E-state index in [1.54, 1.807) is 97.2 Å². The summed E-state index contributed by atoms with van der Waals surface area (Å²) in [6.07, 6.45) is 7.48. The van der Waals surface area contributed by atoms with E-state index in [1.807, 2.05) is 147 Å². The number of ether oxygens (including phenoxy) is 4. The number of hydrogen-bond donors (Lipinski definition) is 4. The molecule has 0 aliphatic carbocycles. The molecule has 10 aromatic rings. The number of para-hydroxylation sites is 1. The van der Waals surface area contributed by atoms with Crippen LogP contribution in [0.5, 0.6) is 17.2 Å². The maximum atomic E-state index is 13.5. The van der Waals surface area contributed by atoms with Gasteiger partial charge in [-0.1, -0.05) is 224 Å². The van der Waals surface area contributed by atoms with Crippen LogP contribution in [0.25, 0.3) is 10.8 Å². The predicted molar refractivity (Wildman–Crippen MR) is 515 cm³/mol. The number of carbonyl (C=O) groups excluding carboxylic acids is 7. The van der Waals surface area contributed by atoms with Gasteiger partial charge in [0, 0.05) is 86.1 Å². The fourth-order valence-electron chi connectivity index (χ4n) is 14.8. The van der Waals surface area contributed by atoms with Gasteiger partial charge in [0.05, 0.1) is 53.4 Å². The summed E-state index contributed by atoms with van der Waals surface area (Å²) in [5.74, 6) is 0.718. The summed E-state index contributed by atoms with van der Waals surface area (Å²) >= 11 is 13.8. The van der Waals surface area contributed by atoms with Crippen molar-refractivity contribution in [2.24, 2.45) is 5.92 Å². The molecular weight excluding hydrogens is 1710 g/mol. The van der Waals surface area contributed by atoms with E-state index >= 15 is 0 Å². The molecule has 5 unspecified atom stereocenters. The molecule has 0 saturated carbocycles. The largest absolute Gasteiger partial charge is 0.494 e. The molecule has 4 N–H and O–H groups in total. The second-order valence-corrected chi connectivity index (χ2v) is 33.9. The molecule has 5 heterocycles. The molecule has 10 aromatic carbocycles. The third-order valence-corrected chi connectivity index (χ3v) is 24.6. The van der Waals surface area contributed by atoms with Crippen molar-refractivity contribution in [2.75, 3.05) is 94.8 Å². The number of piperidine rings is 1. The van der Waals surface area contributed by atoms with Crippen LogP contribution in [0, 0.1) is 37.2 Å². The number of anilines is 2. The number of Topliss-reactive ketones (excluding diaryl/α,β-unsaturated/α-hetero) is 4. The van der Waals surface area contributed by atoms with Crippen LogP contribution in [0.4, 0.5) is 24.5 Å². The molecule has 688 valence electrons. The Balaban J connectivity index is 0.000000176. The average Bonchev–Trinajstić information content (AvgIpc) is 1.16. The Kier molecular flexibility index (Phi) is 41.0. The summed E-state index contributed by atoms with van der Waals surface area (Å²) in [7, 11) is 0. The number of unbranched alkanes of at least 4 members (excludes halogenated alkanes) is 4. The van der Waals surface area contributed by atoms with E-state index in [4.69, 9.17) is 42.1 Å². The molecule has 0 aromatic heterocycles. The van der Waals surface area contributed by atoms with Crippen molar-refractivity contribution >= 4 is 98.0 Å². The number of thioether (sulfide) groups is 1. The Morgan fingerprint density at radius 1 is 0.623 bits per heavy atom. The molecule has 19 nitrogen and oxygen atoms in total. The molecule has 3 amide bonds. The second kappa shape index (κ2) is 52.0. The Hall–Kier alpha value is -11.3. The number of morpholine rings is 1. The Morgan fingerprint density at radius 2 is 1.25 bits per heavy atom. The standard InChI is InChI=1S/C21H24FNO2.C20H18FNO.C18H18FNO2S.C16H23NO3.C15H16Cl2N2O2.C14H17NO2.CH4/c1-3-23-13-12-21(25,17-8-10-18(22)11-9-17)19(14-23)20(24)16-6-4-15(2)5-7-16;1-14-7-9-18(12-20(14)21)22-15(2)13-23-19-10-8-16-5-3-4-6-17(16)11-19;1-12(21)17-11-23-18(20-17)14-4-8-16(9-5-14)22-10-13-2-6-15(19)7-3-13;1-2-11-20-15-5-3-14(4-6-15)16(18)7-8-17-9-12-19-13-10-17;1-2-3-9-19-13(11(16)12(17)15(19)21)18-14(20)10-7-5-4-6-8-10;1-2-3-4-7-10-15-12-9-6-5-8-11(12)13(16)14(15)17;/h4-11,19,25H,3,12-14H2,1-2H3;3-12,22H,2,13H2,1H3;2-9,17-18,20H,10-11H2,1H3;3-6H,2,7-13H2,1H3;4-8,13H,2-3,9H2,1H3,(H,18,20);5-6,8-9H,2-4,7,10H2,1H3;1H4. The van der Waals surface area contributed by atoms with Crippen molar-refractivity contribution in [3.05, 3.63) is 326 Å². The first-order valence-electron chi connectivity index (χ1n) is 44.0. The number of nitrogens with one attached hydrogen (secondary N) is 3. The zero-order valence-electron chi connectivity index (χ0n) is 74.3. The number of likely N-dealkylation sites (tertiary alicyclic amines) is 1. The van der Waals surface area contributed by atoms with Gasteiger partial charge >= 0.3 is 0 Å². The molecule has 0 radical (unpaired) electrons. The van der Waals surface area contributed by atoms with E-state index in [0.29, 0.717) is 98.0 Å². The molecule has 25 heteroatoms. The fraction of sp³-hybridized carbons (Fsp3) is 0.343. The summed E-state index contributed by atoms with van der Waals surface area (Å²) in [5.41, 5.74) is 7.63. The maximum absolute atomic E-state index is 13.5. The van der Waals surface area contributed by atoms with Gasteiger partial charge in [-0.2, -0.15) is 0 Å². The Bertz CT molecular complexity index is 5400. The SMILES string of the molecule is C.C=C(COc1ccc2ccccc2c1)Nc1ccc(C)c(F)c1.CC(=O)C1CSC(c2ccc(OCc3ccc(F)cc3)cc2)N1.CCCCCCN1C(=O)C(=O)c2ccccc21.CCCCN1C(=O)C(Cl)=C(Cl)C1NC(=O)c1ccccc1.CCCOc1ccc(C(=O)CCN2CCOCC2)cc1.CCN1CCC(O)(c2ccc(F)cc2)C(C(=O)c2ccc(C)cc2)C1. The molecule has 3 saturated heterocycles. The van der Waals surface area contributed by atoms with Crippen molar-refractivity contribution in [1.82, 2.24) is 25.3 Å². The van der Waals surface area contributed by atoms with Gasteiger partial charge in [-0.25, -0.2) is 13.2 Å². The van der Waals surface area contributed by atoms with Crippen LogP contribution in [0.2, 0.25) is 0 Å². The number of hydrogen-bond acceptors (Lipinski definition) is 17. The lowest BCUT2D eigenvalue weighted by atomic mass is 9.72. The second-order valence-electron chi connectivity index (χ2n) is 32.0. The lowest BCUT2D eigenvalue weighted by Crippen LogP contribution is -2.53. The van der Waals surface area contributed by atoms with E-state index in [0.717, 1.165) is 128 Å². The summed E-state index contributed by atoms with van der Waals surface area (Å²) < 4.78 is 61.9. The lowest BCUT2D eigenvalue weighted by Gasteiger charge is -2.44. The smallest absolute Gasteiger partial charge is 0.299 e. The number of halogens is 5. The van der Waals surface area contributed by atoms with Gasteiger partial charge in [-0.3, -0.25) is 43.8 Å². The number of amides is 3. The van der Waals surface area contributed by atoms with Crippen LogP contribution >= 0.6 is 35.0 Å². The van der Waals surface area contributed by atoms with Crippen molar-refractivity contribution in [1.29, 1.82) is 0 Å². The number of benzene rings is 10. The molecule has 0 spiro atoms. The first kappa shape index (κ1) is 102. The minimum atomic E-state index is -1.28. The highest BCUT2D eigenvalue weighted by atomic mass is 35.5. The highest BCUT2D eigenvalue weighted by molar-refractivity contribution is 7.99. The van der Waals surface area contributed by atoms with Crippen LogP contribution in [-0.2, 0) is 31.3 Å². The third-order valence-electron chi connectivity index (χ3n) is 22.5. The predicted octanol–water partition coefficient (Wildman–Crippen LogP) is 21.4. The van der Waals surface area contributed by atoms with Crippen LogP contribution in [0.15, 0.2) is 259 Å². The summed E-state index contributed by atoms with van der Waals surface area (Å²) in [5, 5.41) is 23.2. The number of nitrogens with zero attached hydrogens (tertiary/aromatic N) is 4. The quantitative estimate of drug-likeness (QED) is 0.0180. The number of fused-ring (bicyclic) bond motifs is 2. The summed E-state index contributed by atoms with van der Waals surface area (Å²) in [6.45, 7) is 26.4. The number of aliphatic hydroxyl groups is 1. The highest BCUT2D eigenvalue weighted by Gasteiger charge is 2.47.